The third-order valence-corrected chi connectivity index (χ3v) is 2.06. The zero-order chi connectivity index (χ0) is 9.14. The van der Waals surface area contributed by atoms with Gasteiger partial charge in [0, 0.05) is 5.38 Å². The van der Waals surface area contributed by atoms with Gasteiger partial charge in [-0.3, -0.25) is 4.79 Å². The van der Waals surface area contributed by atoms with Crippen molar-refractivity contribution < 1.29 is 9.90 Å². The van der Waals surface area contributed by atoms with E-state index in [0.717, 1.165) is 0 Å². The number of nitrogens with one attached hydrogen (secondary N) is 1. The first-order chi connectivity index (χ1) is 5.65. The molecule has 1 aromatic rings. The molecule has 0 aliphatic carbocycles. The summed E-state index contributed by atoms with van der Waals surface area (Å²) in [5, 5.41) is 13.3. The smallest absolute Gasteiger partial charge is 0.327 e. The minimum atomic E-state index is -0.956. The zero-order valence-electron chi connectivity index (χ0n) is 6.44. The van der Waals surface area contributed by atoms with Crippen LogP contribution in [-0.2, 0) is 4.79 Å². The van der Waals surface area contributed by atoms with Crippen LogP contribution in [0.3, 0.4) is 0 Å². The van der Waals surface area contributed by atoms with E-state index >= 15 is 0 Å². The molecule has 0 aliphatic heterocycles. The summed E-state index contributed by atoms with van der Waals surface area (Å²) in [4.78, 5) is 14.5. The Morgan fingerprint density at radius 3 is 2.92 bits per heavy atom. The highest BCUT2D eigenvalue weighted by Crippen LogP contribution is 2.17. The molecule has 6 heteroatoms. The Morgan fingerprint density at radius 1 is 1.92 bits per heavy atom. The third-order valence-electron chi connectivity index (χ3n) is 1.37. The normalized spacial score (nSPS) is 12.8. The Hall–Kier alpha value is -1.14. The minimum absolute atomic E-state index is 0.381. The second kappa shape index (κ2) is 3.51. The molecule has 1 heterocycles. The average Bonchev–Trinajstić information content (AvgIpc) is 2.37. The van der Waals surface area contributed by atoms with Gasteiger partial charge in [-0.25, -0.2) is 4.98 Å². The number of aromatic nitrogens is 1. The molecule has 0 spiro atoms. The van der Waals surface area contributed by atoms with Gasteiger partial charge in [0.15, 0.2) is 5.13 Å². The number of rotatable bonds is 3. The maximum atomic E-state index is 10.6. The van der Waals surface area contributed by atoms with Crippen LogP contribution in [0.25, 0.3) is 0 Å². The van der Waals surface area contributed by atoms with Crippen LogP contribution in [0.15, 0.2) is 5.38 Å². The molecule has 66 valence electrons. The van der Waals surface area contributed by atoms with Crippen LogP contribution in [0.2, 0.25) is 0 Å². The van der Waals surface area contributed by atoms with Gasteiger partial charge in [-0.1, -0.05) is 0 Å². The summed E-state index contributed by atoms with van der Waals surface area (Å²) in [7, 11) is 1.56. The second-order valence-corrected chi connectivity index (χ2v) is 3.06. The molecule has 0 amide bonds. The van der Waals surface area contributed by atoms with Gasteiger partial charge in [0.05, 0.1) is 5.69 Å². The maximum Gasteiger partial charge on any atom is 0.327 e. The number of nitrogens with zero attached hydrogens (tertiary/aromatic N) is 1. The van der Waals surface area contributed by atoms with Gasteiger partial charge in [-0.2, -0.15) is 0 Å². The van der Waals surface area contributed by atoms with Crippen molar-refractivity contribution in [3.63, 3.8) is 0 Å². The summed E-state index contributed by atoms with van der Waals surface area (Å²) in [5.41, 5.74) is 5.81. The molecule has 0 bridgehead atoms. The minimum Gasteiger partial charge on any atom is -0.480 e. The Bertz CT molecular complexity index is 286. The summed E-state index contributed by atoms with van der Waals surface area (Å²) in [6.45, 7) is 0. The fraction of sp³-hybridized carbons (Fsp3) is 0.333. The Kier molecular flexibility index (Phi) is 2.61. The SMILES string of the molecule is CNC(C(=O)O)c1csc(N)n1. The second-order valence-electron chi connectivity index (χ2n) is 2.17. The highest BCUT2D eigenvalue weighted by atomic mass is 32.1. The summed E-state index contributed by atoms with van der Waals surface area (Å²) < 4.78 is 0. The van der Waals surface area contributed by atoms with Crippen LogP contribution in [0.4, 0.5) is 5.13 Å². The first kappa shape index (κ1) is 8.95. The lowest BCUT2D eigenvalue weighted by Gasteiger charge is -2.06. The van der Waals surface area contributed by atoms with Crippen molar-refractivity contribution in [2.45, 2.75) is 6.04 Å². The molecule has 1 atom stereocenters. The van der Waals surface area contributed by atoms with E-state index in [1.54, 1.807) is 12.4 Å². The van der Waals surface area contributed by atoms with Crippen molar-refractivity contribution >= 4 is 22.4 Å². The van der Waals surface area contributed by atoms with Crippen molar-refractivity contribution in [3.8, 4) is 0 Å². The Morgan fingerprint density at radius 2 is 2.58 bits per heavy atom. The average molecular weight is 187 g/mol. The number of hydrogen-bond donors (Lipinski definition) is 3. The van der Waals surface area contributed by atoms with E-state index < -0.39 is 12.0 Å². The lowest BCUT2D eigenvalue weighted by Crippen LogP contribution is -2.25. The number of nitrogens with two attached hydrogens (primary N) is 1. The van der Waals surface area contributed by atoms with Crippen LogP contribution in [-0.4, -0.2) is 23.1 Å². The highest BCUT2D eigenvalue weighted by molar-refractivity contribution is 7.13. The summed E-state index contributed by atoms with van der Waals surface area (Å²) in [5.74, 6) is -0.956. The standard InChI is InChI=1S/C6H9N3O2S/c1-8-4(5(10)11)3-2-12-6(7)9-3/h2,4,8H,1H3,(H2,7,9)(H,10,11). The molecule has 1 aromatic heterocycles. The number of hydrogen-bond acceptors (Lipinski definition) is 5. The monoisotopic (exact) mass is 187 g/mol. The van der Waals surface area contributed by atoms with E-state index in [1.807, 2.05) is 0 Å². The molecule has 1 unspecified atom stereocenters. The number of carbonyl (C=O) groups is 1. The van der Waals surface area contributed by atoms with Gasteiger partial charge in [0.2, 0.25) is 0 Å². The van der Waals surface area contributed by atoms with E-state index in [-0.39, 0.29) is 0 Å². The molecule has 0 aromatic carbocycles. The molecule has 0 fully saturated rings. The first-order valence-corrected chi connectivity index (χ1v) is 4.14. The quantitative estimate of drug-likeness (QED) is 0.623. The van der Waals surface area contributed by atoms with Gasteiger partial charge in [0.1, 0.15) is 6.04 Å². The van der Waals surface area contributed by atoms with Gasteiger partial charge in [-0.15, -0.1) is 11.3 Å². The molecule has 0 saturated heterocycles. The first-order valence-electron chi connectivity index (χ1n) is 3.26. The van der Waals surface area contributed by atoms with Crippen LogP contribution in [0.5, 0.6) is 0 Å². The Labute approximate surface area is 73.2 Å². The molecule has 0 aliphatic rings. The van der Waals surface area contributed by atoms with Crippen molar-refractivity contribution in [2.75, 3.05) is 12.8 Å². The van der Waals surface area contributed by atoms with Crippen molar-refractivity contribution in [1.29, 1.82) is 0 Å². The highest BCUT2D eigenvalue weighted by Gasteiger charge is 2.19. The predicted molar refractivity (Wildman–Crippen MR) is 46.0 cm³/mol. The fourth-order valence-corrected chi connectivity index (χ4v) is 1.42. The number of anilines is 1. The number of carboxylic acid groups (broad SMARTS) is 1. The van der Waals surface area contributed by atoms with Crippen molar-refractivity contribution in [3.05, 3.63) is 11.1 Å². The van der Waals surface area contributed by atoms with E-state index in [4.69, 9.17) is 10.8 Å². The molecule has 0 saturated carbocycles. The molecular weight excluding hydrogens is 178 g/mol. The maximum absolute atomic E-state index is 10.6. The Balaban J connectivity index is 2.87. The molecule has 5 nitrogen and oxygen atoms in total. The molecule has 1 rings (SSSR count). The lowest BCUT2D eigenvalue weighted by atomic mass is 10.2. The van der Waals surface area contributed by atoms with E-state index in [1.165, 1.54) is 11.3 Å². The van der Waals surface area contributed by atoms with Crippen LogP contribution >= 0.6 is 11.3 Å². The van der Waals surface area contributed by atoms with Crippen LogP contribution in [0, 0.1) is 0 Å². The van der Waals surface area contributed by atoms with Gasteiger partial charge >= 0.3 is 5.97 Å². The van der Waals surface area contributed by atoms with E-state index in [0.29, 0.717) is 10.8 Å². The molecule has 12 heavy (non-hydrogen) atoms. The topological polar surface area (TPSA) is 88.2 Å². The fourth-order valence-electron chi connectivity index (χ4n) is 0.831. The van der Waals surface area contributed by atoms with Gasteiger partial charge in [0.25, 0.3) is 0 Å². The van der Waals surface area contributed by atoms with Crippen molar-refractivity contribution in [2.24, 2.45) is 0 Å². The van der Waals surface area contributed by atoms with Crippen LogP contribution in [0.1, 0.15) is 11.7 Å². The molecule has 4 N–H and O–H groups in total. The molecule has 0 radical (unpaired) electrons. The largest absolute Gasteiger partial charge is 0.480 e. The number of likely N-dealkylation sites (N-methyl/N-ethyl adjacent to an activating group) is 1. The number of thiazole rings is 1. The van der Waals surface area contributed by atoms with Crippen molar-refractivity contribution in [1.82, 2.24) is 10.3 Å². The number of nitrogen functional groups attached to an aromatic ring is 1. The van der Waals surface area contributed by atoms with Crippen LogP contribution < -0.4 is 11.1 Å². The van der Waals surface area contributed by atoms with E-state index in [9.17, 15) is 4.79 Å². The number of aliphatic carboxylic acids is 1. The zero-order valence-corrected chi connectivity index (χ0v) is 7.26. The van der Waals surface area contributed by atoms with Gasteiger partial charge < -0.3 is 16.2 Å². The third kappa shape index (κ3) is 1.72. The summed E-state index contributed by atoms with van der Waals surface area (Å²) in [6.07, 6.45) is 0. The van der Waals surface area contributed by atoms with E-state index in [2.05, 4.69) is 10.3 Å². The summed E-state index contributed by atoms with van der Waals surface area (Å²) >= 11 is 1.23. The lowest BCUT2D eigenvalue weighted by molar-refractivity contribution is -0.139. The van der Waals surface area contributed by atoms with Gasteiger partial charge in [-0.05, 0) is 7.05 Å². The molecular formula is C6H9N3O2S. The number of carboxylic acids is 1. The summed E-state index contributed by atoms with van der Waals surface area (Å²) in [6, 6.07) is -0.765. The predicted octanol–water partition coefficient (Wildman–Crippen LogP) is 0.0704.